The van der Waals surface area contributed by atoms with E-state index in [1.165, 1.54) is 6.92 Å². The zero-order chi connectivity index (χ0) is 16.7. The number of anilines is 2. The van der Waals surface area contributed by atoms with Crippen LogP contribution < -0.4 is 10.6 Å². The van der Waals surface area contributed by atoms with Gasteiger partial charge in [-0.2, -0.15) is 0 Å². The molecule has 0 heterocycles. The standard InChI is InChI=1S/C18H21N3O2/c1-3-21(13-15-8-5-4-6-9-15)18(23)20-17-11-7-10-16(12-17)19-14(2)22/h4-12H,3,13H2,1-2H3,(H,19,22)(H,20,23). The molecule has 0 spiro atoms. The Morgan fingerprint density at radius 2 is 1.61 bits per heavy atom. The van der Waals surface area contributed by atoms with Crippen molar-refractivity contribution in [3.05, 3.63) is 60.2 Å². The average molecular weight is 311 g/mol. The Bertz CT molecular complexity index is 671. The molecule has 0 aromatic heterocycles. The highest BCUT2D eigenvalue weighted by atomic mass is 16.2. The summed E-state index contributed by atoms with van der Waals surface area (Å²) in [5.74, 6) is -0.146. The molecule has 0 unspecified atom stereocenters. The van der Waals surface area contributed by atoms with E-state index >= 15 is 0 Å². The van der Waals surface area contributed by atoms with Crippen LogP contribution in [0.1, 0.15) is 19.4 Å². The van der Waals surface area contributed by atoms with E-state index in [1.54, 1.807) is 29.2 Å². The van der Waals surface area contributed by atoms with Crippen LogP contribution in [0.4, 0.5) is 16.2 Å². The van der Waals surface area contributed by atoms with Crippen molar-refractivity contribution >= 4 is 23.3 Å². The summed E-state index contributed by atoms with van der Waals surface area (Å²) in [7, 11) is 0. The number of rotatable bonds is 5. The molecule has 0 bridgehead atoms. The van der Waals surface area contributed by atoms with Crippen LogP contribution in [0.3, 0.4) is 0 Å². The van der Waals surface area contributed by atoms with Crippen molar-refractivity contribution < 1.29 is 9.59 Å². The van der Waals surface area contributed by atoms with Gasteiger partial charge in [0, 0.05) is 31.4 Å². The first kappa shape index (κ1) is 16.5. The minimum atomic E-state index is -0.170. The molecule has 0 atom stereocenters. The van der Waals surface area contributed by atoms with E-state index in [9.17, 15) is 9.59 Å². The van der Waals surface area contributed by atoms with Crippen molar-refractivity contribution in [1.29, 1.82) is 0 Å². The lowest BCUT2D eigenvalue weighted by atomic mass is 10.2. The first-order chi connectivity index (χ1) is 11.1. The van der Waals surface area contributed by atoms with Crippen LogP contribution in [0.5, 0.6) is 0 Å². The number of carbonyl (C=O) groups is 2. The average Bonchev–Trinajstić information content (AvgIpc) is 2.53. The molecule has 2 aromatic carbocycles. The Labute approximate surface area is 136 Å². The van der Waals surface area contributed by atoms with E-state index in [0.29, 0.717) is 24.5 Å². The monoisotopic (exact) mass is 311 g/mol. The quantitative estimate of drug-likeness (QED) is 0.884. The molecule has 0 aliphatic rings. The molecule has 3 amide bonds. The van der Waals surface area contributed by atoms with E-state index < -0.39 is 0 Å². The van der Waals surface area contributed by atoms with Crippen molar-refractivity contribution in [2.75, 3.05) is 17.2 Å². The lowest BCUT2D eigenvalue weighted by Crippen LogP contribution is -2.34. The Morgan fingerprint density at radius 3 is 2.22 bits per heavy atom. The molecule has 120 valence electrons. The molecule has 2 N–H and O–H groups in total. The minimum absolute atomic E-state index is 0.146. The van der Waals surface area contributed by atoms with Crippen molar-refractivity contribution in [3.8, 4) is 0 Å². The summed E-state index contributed by atoms with van der Waals surface area (Å²) in [4.78, 5) is 25.2. The van der Waals surface area contributed by atoms with Crippen LogP contribution >= 0.6 is 0 Å². The highest BCUT2D eigenvalue weighted by Gasteiger charge is 2.12. The molecule has 0 aliphatic heterocycles. The van der Waals surface area contributed by atoms with Gasteiger partial charge in [-0.3, -0.25) is 4.79 Å². The summed E-state index contributed by atoms with van der Waals surface area (Å²) in [6.07, 6.45) is 0. The maximum absolute atomic E-state index is 12.4. The van der Waals surface area contributed by atoms with Gasteiger partial charge in [0.2, 0.25) is 5.91 Å². The Hall–Kier alpha value is -2.82. The fourth-order valence-electron chi connectivity index (χ4n) is 2.21. The second-order valence-electron chi connectivity index (χ2n) is 5.19. The summed E-state index contributed by atoms with van der Waals surface area (Å²) in [6.45, 7) is 4.54. The Morgan fingerprint density at radius 1 is 0.957 bits per heavy atom. The molecule has 2 aromatic rings. The number of urea groups is 1. The highest BCUT2D eigenvalue weighted by Crippen LogP contribution is 2.16. The largest absolute Gasteiger partial charge is 0.326 e. The third-order valence-corrected chi connectivity index (χ3v) is 3.32. The Balaban J connectivity index is 2.03. The molecule has 2 rings (SSSR count). The SMILES string of the molecule is CCN(Cc1ccccc1)C(=O)Nc1cccc(NC(C)=O)c1. The van der Waals surface area contributed by atoms with Gasteiger partial charge in [-0.1, -0.05) is 36.4 Å². The summed E-state index contributed by atoms with van der Waals surface area (Å²) < 4.78 is 0. The van der Waals surface area contributed by atoms with Crippen molar-refractivity contribution in [2.24, 2.45) is 0 Å². The fraction of sp³-hybridized carbons (Fsp3) is 0.222. The normalized spacial score (nSPS) is 10.0. The predicted octanol–water partition coefficient (Wildman–Crippen LogP) is 3.70. The topological polar surface area (TPSA) is 61.4 Å². The predicted molar refractivity (Wildman–Crippen MR) is 92.3 cm³/mol. The molecule has 23 heavy (non-hydrogen) atoms. The number of nitrogens with zero attached hydrogens (tertiary/aromatic N) is 1. The van der Waals surface area contributed by atoms with Gasteiger partial charge in [0.15, 0.2) is 0 Å². The van der Waals surface area contributed by atoms with Gasteiger partial charge in [0.25, 0.3) is 0 Å². The number of nitrogens with one attached hydrogen (secondary N) is 2. The second-order valence-corrected chi connectivity index (χ2v) is 5.19. The molecule has 0 saturated carbocycles. The first-order valence-electron chi connectivity index (χ1n) is 7.56. The van der Waals surface area contributed by atoms with Crippen LogP contribution in [0.2, 0.25) is 0 Å². The second kappa shape index (κ2) is 7.98. The molecule has 0 radical (unpaired) electrons. The van der Waals surface area contributed by atoms with E-state index in [-0.39, 0.29) is 11.9 Å². The molecule has 0 saturated heterocycles. The molecule has 5 nitrogen and oxygen atoms in total. The van der Waals surface area contributed by atoms with Crippen molar-refractivity contribution in [2.45, 2.75) is 20.4 Å². The third-order valence-electron chi connectivity index (χ3n) is 3.32. The maximum Gasteiger partial charge on any atom is 0.322 e. The highest BCUT2D eigenvalue weighted by molar-refractivity contribution is 5.92. The molecular formula is C18H21N3O2. The number of hydrogen-bond donors (Lipinski definition) is 2. The van der Waals surface area contributed by atoms with Crippen molar-refractivity contribution in [1.82, 2.24) is 4.90 Å². The lowest BCUT2D eigenvalue weighted by Gasteiger charge is -2.21. The van der Waals surface area contributed by atoms with Gasteiger partial charge in [-0.15, -0.1) is 0 Å². The Kier molecular flexibility index (Phi) is 5.74. The molecule has 0 aliphatic carbocycles. The molecule has 0 fully saturated rings. The van der Waals surface area contributed by atoms with Gasteiger partial charge < -0.3 is 15.5 Å². The zero-order valence-corrected chi connectivity index (χ0v) is 13.4. The van der Waals surface area contributed by atoms with Crippen molar-refractivity contribution in [3.63, 3.8) is 0 Å². The van der Waals surface area contributed by atoms with E-state index in [2.05, 4.69) is 10.6 Å². The summed E-state index contributed by atoms with van der Waals surface area (Å²) in [5.41, 5.74) is 2.38. The minimum Gasteiger partial charge on any atom is -0.326 e. The van der Waals surface area contributed by atoms with E-state index in [1.807, 2.05) is 37.3 Å². The lowest BCUT2D eigenvalue weighted by molar-refractivity contribution is -0.114. The number of hydrogen-bond acceptors (Lipinski definition) is 2. The van der Waals surface area contributed by atoms with Crippen LogP contribution in [0.25, 0.3) is 0 Å². The summed E-state index contributed by atoms with van der Waals surface area (Å²) in [5, 5.41) is 5.56. The molecular weight excluding hydrogens is 290 g/mol. The maximum atomic E-state index is 12.4. The van der Waals surface area contributed by atoms with Gasteiger partial charge in [0.1, 0.15) is 0 Å². The zero-order valence-electron chi connectivity index (χ0n) is 13.4. The number of amides is 3. The fourth-order valence-corrected chi connectivity index (χ4v) is 2.21. The first-order valence-corrected chi connectivity index (χ1v) is 7.56. The van der Waals surface area contributed by atoms with Gasteiger partial charge in [0.05, 0.1) is 0 Å². The molecule has 5 heteroatoms. The van der Waals surface area contributed by atoms with Gasteiger partial charge in [-0.05, 0) is 30.7 Å². The number of benzene rings is 2. The van der Waals surface area contributed by atoms with E-state index in [4.69, 9.17) is 0 Å². The summed E-state index contributed by atoms with van der Waals surface area (Å²) in [6, 6.07) is 16.8. The third kappa shape index (κ3) is 5.14. The smallest absolute Gasteiger partial charge is 0.322 e. The number of carbonyl (C=O) groups excluding carboxylic acids is 2. The van der Waals surface area contributed by atoms with Crippen LogP contribution in [0.15, 0.2) is 54.6 Å². The van der Waals surface area contributed by atoms with Crippen LogP contribution in [0, 0.1) is 0 Å². The summed E-state index contributed by atoms with van der Waals surface area (Å²) >= 11 is 0. The van der Waals surface area contributed by atoms with Crippen LogP contribution in [-0.4, -0.2) is 23.4 Å². The van der Waals surface area contributed by atoms with Gasteiger partial charge >= 0.3 is 6.03 Å². The van der Waals surface area contributed by atoms with Gasteiger partial charge in [-0.25, -0.2) is 4.79 Å². The van der Waals surface area contributed by atoms with E-state index in [0.717, 1.165) is 5.56 Å². The van der Waals surface area contributed by atoms with Crippen LogP contribution in [-0.2, 0) is 11.3 Å².